The molecule has 2 aromatic rings. The normalized spacial score (nSPS) is 13.2. The third-order valence-corrected chi connectivity index (χ3v) is 4.63. The summed E-state index contributed by atoms with van der Waals surface area (Å²) in [7, 11) is -3.62. The molecule has 2 aromatic heterocycles. The summed E-state index contributed by atoms with van der Waals surface area (Å²) in [5.41, 5.74) is 0.713. The number of sulfonamides is 1. The number of aryl methyl sites for hydroxylation is 1. The predicted molar refractivity (Wildman–Crippen MR) is 80.1 cm³/mol. The molecule has 0 fully saturated rings. The van der Waals surface area contributed by atoms with Crippen molar-refractivity contribution in [1.82, 2.24) is 19.5 Å². The van der Waals surface area contributed by atoms with Gasteiger partial charge >= 0.3 is 0 Å². The molecule has 2 rings (SSSR count). The molecule has 0 aliphatic carbocycles. The number of hydrogen-bond acceptors (Lipinski definition) is 4. The lowest BCUT2D eigenvalue weighted by Crippen LogP contribution is -2.30. The van der Waals surface area contributed by atoms with Crippen LogP contribution in [-0.2, 0) is 16.6 Å². The van der Waals surface area contributed by atoms with Crippen LogP contribution in [0.3, 0.4) is 0 Å². The Balaban J connectivity index is 2.25. The first-order valence-corrected chi connectivity index (χ1v) is 8.52. The maximum Gasteiger partial charge on any atom is 0.258 e. The summed E-state index contributed by atoms with van der Waals surface area (Å²) in [5.74, 6) is 0. The van der Waals surface area contributed by atoms with Crippen molar-refractivity contribution in [3.63, 3.8) is 0 Å². The Bertz CT molecular complexity index is 667. The van der Waals surface area contributed by atoms with Crippen LogP contribution >= 0.6 is 0 Å². The van der Waals surface area contributed by atoms with Gasteiger partial charge in [0.05, 0.1) is 17.9 Å². The highest BCUT2D eigenvalue weighted by molar-refractivity contribution is 7.89. The Hall–Kier alpha value is -1.73. The fourth-order valence-corrected chi connectivity index (χ4v) is 3.55. The van der Waals surface area contributed by atoms with Gasteiger partial charge < -0.3 is 0 Å². The summed E-state index contributed by atoms with van der Waals surface area (Å²) in [5, 5.41) is 4.25. The first kappa shape index (κ1) is 15.7. The summed E-state index contributed by atoms with van der Waals surface area (Å²) < 4.78 is 29.3. The van der Waals surface area contributed by atoms with Crippen LogP contribution in [0.25, 0.3) is 0 Å². The van der Waals surface area contributed by atoms with Crippen molar-refractivity contribution in [2.45, 2.75) is 44.3 Å². The molecule has 0 radical (unpaired) electrons. The Morgan fingerprint density at radius 3 is 2.67 bits per heavy atom. The third kappa shape index (κ3) is 3.68. The molecule has 0 saturated carbocycles. The zero-order valence-corrected chi connectivity index (χ0v) is 13.0. The molecule has 1 N–H and O–H groups in total. The van der Waals surface area contributed by atoms with E-state index in [4.69, 9.17) is 0 Å². The smallest absolute Gasteiger partial charge is 0.258 e. The number of aromatic nitrogens is 3. The molecule has 0 spiro atoms. The molecule has 7 heteroatoms. The Kier molecular flexibility index (Phi) is 5.08. The molecule has 2 heterocycles. The van der Waals surface area contributed by atoms with Crippen LogP contribution in [0, 0.1) is 0 Å². The maximum absolute atomic E-state index is 12.5. The summed E-state index contributed by atoms with van der Waals surface area (Å²) >= 11 is 0. The predicted octanol–water partition coefficient (Wildman–Crippen LogP) is 2.12. The minimum absolute atomic E-state index is 0.193. The molecule has 6 nitrogen and oxygen atoms in total. The molecule has 0 amide bonds. The van der Waals surface area contributed by atoms with E-state index in [9.17, 15) is 8.42 Å². The van der Waals surface area contributed by atoms with E-state index in [1.165, 1.54) is 16.9 Å². The second kappa shape index (κ2) is 6.82. The van der Waals surface area contributed by atoms with Crippen LogP contribution in [0.1, 0.15) is 38.4 Å². The van der Waals surface area contributed by atoms with Crippen molar-refractivity contribution in [3.8, 4) is 0 Å². The zero-order chi connectivity index (χ0) is 15.3. The molecule has 0 aliphatic rings. The molecule has 0 saturated heterocycles. The van der Waals surface area contributed by atoms with Gasteiger partial charge in [-0.1, -0.05) is 19.9 Å². The van der Waals surface area contributed by atoms with E-state index in [1.54, 1.807) is 12.3 Å². The van der Waals surface area contributed by atoms with E-state index in [1.807, 2.05) is 26.0 Å². The van der Waals surface area contributed by atoms with Crippen molar-refractivity contribution in [3.05, 3.63) is 42.4 Å². The van der Waals surface area contributed by atoms with Gasteiger partial charge in [0.1, 0.15) is 0 Å². The zero-order valence-electron chi connectivity index (χ0n) is 12.2. The molecule has 0 aromatic carbocycles. The number of nitrogens with one attached hydrogen (secondary N) is 1. The van der Waals surface area contributed by atoms with Crippen molar-refractivity contribution in [2.24, 2.45) is 0 Å². The molecule has 1 atom stereocenters. The van der Waals surface area contributed by atoms with Gasteiger partial charge in [-0.3, -0.25) is 9.67 Å². The van der Waals surface area contributed by atoms with Crippen LogP contribution in [0.15, 0.2) is 41.7 Å². The van der Waals surface area contributed by atoms with Crippen LogP contribution < -0.4 is 4.72 Å². The monoisotopic (exact) mass is 308 g/mol. The Labute approximate surface area is 125 Å². The van der Waals surface area contributed by atoms with Gasteiger partial charge in [0.15, 0.2) is 5.03 Å². The van der Waals surface area contributed by atoms with E-state index < -0.39 is 10.0 Å². The standard InChI is InChI=1S/C14H20N4O2S/c1-3-11-18-14(8-10-16-18)21(19,20)17-12(4-2)13-7-5-6-9-15-13/h5-10,12,17H,3-4,11H2,1-2H3. The molecule has 0 aliphatic heterocycles. The van der Waals surface area contributed by atoms with Crippen LogP contribution in [0.5, 0.6) is 0 Å². The SMILES string of the molecule is CCCn1nccc1S(=O)(=O)NC(CC)c1ccccn1. The van der Waals surface area contributed by atoms with Gasteiger partial charge in [-0.2, -0.15) is 5.10 Å². The number of nitrogens with zero attached hydrogens (tertiary/aromatic N) is 3. The van der Waals surface area contributed by atoms with E-state index >= 15 is 0 Å². The van der Waals surface area contributed by atoms with Gasteiger partial charge in [-0.05, 0) is 31.0 Å². The number of rotatable bonds is 7. The van der Waals surface area contributed by atoms with Crippen LogP contribution in [0.2, 0.25) is 0 Å². The average molecular weight is 308 g/mol. The second-order valence-electron chi connectivity index (χ2n) is 4.73. The average Bonchev–Trinajstić information content (AvgIpc) is 2.95. The topological polar surface area (TPSA) is 76.9 Å². The van der Waals surface area contributed by atoms with E-state index in [0.717, 1.165) is 6.42 Å². The van der Waals surface area contributed by atoms with Gasteiger partial charge in [-0.25, -0.2) is 13.1 Å². The lowest BCUT2D eigenvalue weighted by atomic mass is 10.1. The summed E-state index contributed by atoms with van der Waals surface area (Å²) in [6.07, 6.45) is 4.61. The van der Waals surface area contributed by atoms with Crippen molar-refractivity contribution in [1.29, 1.82) is 0 Å². The number of hydrogen-bond donors (Lipinski definition) is 1. The molecule has 1 unspecified atom stereocenters. The quantitative estimate of drug-likeness (QED) is 0.850. The van der Waals surface area contributed by atoms with Crippen molar-refractivity contribution < 1.29 is 8.42 Å². The van der Waals surface area contributed by atoms with Crippen LogP contribution in [0.4, 0.5) is 0 Å². The highest BCUT2D eigenvalue weighted by Gasteiger charge is 2.24. The Morgan fingerprint density at radius 2 is 2.05 bits per heavy atom. The van der Waals surface area contributed by atoms with E-state index in [2.05, 4.69) is 14.8 Å². The van der Waals surface area contributed by atoms with Gasteiger partial charge in [-0.15, -0.1) is 0 Å². The first-order chi connectivity index (χ1) is 10.1. The number of pyridine rings is 1. The molecule has 21 heavy (non-hydrogen) atoms. The molecular weight excluding hydrogens is 288 g/mol. The largest absolute Gasteiger partial charge is 0.260 e. The van der Waals surface area contributed by atoms with E-state index in [-0.39, 0.29) is 11.1 Å². The highest BCUT2D eigenvalue weighted by atomic mass is 32.2. The van der Waals surface area contributed by atoms with E-state index in [0.29, 0.717) is 18.7 Å². The maximum atomic E-state index is 12.5. The fraction of sp³-hybridized carbons (Fsp3) is 0.429. The molecule has 0 bridgehead atoms. The van der Waals surface area contributed by atoms with Crippen LogP contribution in [-0.4, -0.2) is 23.2 Å². The Morgan fingerprint density at radius 1 is 1.24 bits per heavy atom. The molecule has 114 valence electrons. The summed E-state index contributed by atoms with van der Waals surface area (Å²) in [6, 6.07) is 6.64. The lowest BCUT2D eigenvalue weighted by Gasteiger charge is -2.17. The minimum Gasteiger partial charge on any atom is -0.260 e. The summed E-state index contributed by atoms with van der Waals surface area (Å²) in [6.45, 7) is 4.48. The van der Waals surface area contributed by atoms with Gasteiger partial charge in [0.2, 0.25) is 0 Å². The minimum atomic E-state index is -3.62. The lowest BCUT2D eigenvalue weighted by molar-refractivity contribution is 0.508. The summed E-state index contributed by atoms with van der Waals surface area (Å²) in [4.78, 5) is 4.22. The third-order valence-electron chi connectivity index (χ3n) is 3.14. The second-order valence-corrected chi connectivity index (χ2v) is 6.39. The van der Waals surface area contributed by atoms with Crippen molar-refractivity contribution in [2.75, 3.05) is 0 Å². The van der Waals surface area contributed by atoms with Gasteiger partial charge in [0, 0.05) is 12.7 Å². The van der Waals surface area contributed by atoms with Crippen molar-refractivity contribution >= 4 is 10.0 Å². The molecular formula is C14H20N4O2S. The first-order valence-electron chi connectivity index (χ1n) is 7.03. The van der Waals surface area contributed by atoms with Gasteiger partial charge in [0.25, 0.3) is 10.0 Å². The highest BCUT2D eigenvalue weighted by Crippen LogP contribution is 2.18. The fourth-order valence-electron chi connectivity index (χ4n) is 2.11.